The molecule has 1 aromatic rings. The van der Waals surface area contributed by atoms with E-state index in [1.54, 1.807) is 11.3 Å². The topological polar surface area (TPSA) is 23.5 Å². The fourth-order valence-corrected chi connectivity index (χ4v) is 3.15. The number of rotatable bonds is 3. The van der Waals surface area contributed by atoms with Crippen LogP contribution >= 0.6 is 11.3 Å². The van der Waals surface area contributed by atoms with Crippen molar-refractivity contribution in [2.75, 3.05) is 13.6 Å². The molecule has 0 aliphatic carbocycles. The minimum absolute atomic E-state index is 0.437. The fraction of sp³-hybridized carbons (Fsp3) is 0.692. The van der Waals surface area contributed by atoms with Crippen LogP contribution in [0.25, 0.3) is 0 Å². The van der Waals surface area contributed by atoms with Crippen LogP contribution in [0.5, 0.6) is 0 Å². The number of nitrogens with zero attached hydrogens (tertiary/aromatic N) is 1. The Morgan fingerprint density at radius 2 is 2.44 bits per heavy atom. The lowest BCUT2D eigenvalue weighted by atomic mass is 9.83. The summed E-state index contributed by atoms with van der Waals surface area (Å²) in [5, 5.41) is 14.8. The number of thiophene rings is 1. The quantitative estimate of drug-likeness (QED) is 0.876. The molecule has 1 aromatic heterocycles. The van der Waals surface area contributed by atoms with Crippen LogP contribution in [0.2, 0.25) is 0 Å². The number of aliphatic hydroxyl groups is 1. The summed E-state index contributed by atoms with van der Waals surface area (Å²) in [5.41, 5.74) is 0.929. The monoisotopic (exact) mass is 239 g/mol. The Kier molecular flexibility index (Phi) is 3.67. The second-order valence-corrected chi connectivity index (χ2v) is 5.92. The van der Waals surface area contributed by atoms with Gasteiger partial charge in [0.1, 0.15) is 0 Å². The van der Waals surface area contributed by atoms with Crippen LogP contribution in [-0.4, -0.2) is 35.2 Å². The Bertz CT molecular complexity index is 325. The maximum atomic E-state index is 10.5. The largest absolute Gasteiger partial charge is 0.390 e. The predicted octanol–water partition coefficient (Wildman–Crippen LogP) is 2.53. The highest BCUT2D eigenvalue weighted by molar-refractivity contribution is 7.07. The molecule has 1 N–H and O–H groups in total. The van der Waals surface area contributed by atoms with Gasteiger partial charge >= 0.3 is 0 Å². The zero-order valence-electron chi connectivity index (χ0n) is 10.1. The molecule has 2 heterocycles. The maximum Gasteiger partial charge on any atom is 0.0678 e. The van der Waals surface area contributed by atoms with Crippen molar-refractivity contribution in [3.8, 4) is 0 Å². The van der Waals surface area contributed by atoms with E-state index in [1.807, 2.05) is 0 Å². The maximum absolute atomic E-state index is 10.5. The van der Waals surface area contributed by atoms with Crippen molar-refractivity contribution >= 4 is 11.3 Å². The molecule has 1 aliphatic rings. The van der Waals surface area contributed by atoms with E-state index >= 15 is 0 Å². The molecule has 0 spiro atoms. The highest BCUT2D eigenvalue weighted by atomic mass is 32.1. The van der Waals surface area contributed by atoms with Gasteiger partial charge in [-0.15, -0.1) is 0 Å². The molecule has 0 radical (unpaired) electrons. The first-order chi connectivity index (χ1) is 7.59. The van der Waals surface area contributed by atoms with Crippen LogP contribution in [0, 0.1) is 0 Å². The third-order valence-corrected chi connectivity index (χ3v) is 4.55. The highest BCUT2D eigenvalue weighted by Crippen LogP contribution is 2.30. The molecule has 1 fully saturated rings. The Morgan fingerprint density at radius 1 is 1.62 bits per heavy atom. The summed E-state index contributed by atoms with van der Waals surface area (Å²) in [6, 6.07) is 2.66. The molecule has 16 heavy (non-hydrogen) atoms. The van der Waals surface area contributed by atoms with Crippen molar-refractivity contribution in [1.29, 1.82) is 0 Å². The van der Waals surface area contributed by atoms with Gasteiger partial charge in [-0.1, -0.05) is 0 Å². The Labute approximate surface area is 102 Å². The van der Waals surface area contributed by atoms with Gasteiger partial charge < -0.3 is 10.0 Å². The Hall–Kier alpha value is -0.380. The summed E-state index contributed by atoms with van der Waals surface area (Å²) in [7, 11) is 2.14. The lowest BCUT2D eigenvalue weighted by molar-refractivity contribution is -0.0415. The normalized spacial score (nSPS) is 31.8. The number of piperidine rings is 1. The molecule has 0 saturated carbocycles. The van der Waals surface area contributed by atoms with E-state index in [-0.39, 0.29) is 0 Å². The van der Waals surface area contributed by atoms with Crippen molar-refractivity contribution < 1.29 is 5.11 Å². The lowest BCUT2D eigenvalue weighted by Crippen LogP contribution is -2.47. The van der Waals surface area contributed by atoms with Crippen LogP contribution in [-0.2, 0) is 6.42 Å². The third kappa shape index (κ3) is 2.84. The molecule has 1 saturated heterocycles. The van der Waals surface area contributed by atoms with Gasteiger partial charge in [-0.3, -0.25) is 0 Å². The van der Waals surface area contributed by atoms with Crippen molar-refractivity contribution in [2.45, 2.75) is 44.2 Å². The van der Waals surface area contributed by atoms with Gasteiger partial charge in [-0.25, -0.2) is 0 Å². The standard InChI is InChI=1S/C13H21NOS/c1-11-9-13(15,6-7-14(11)2)5-3-12-4-8-16-10-12/h4,8,10-11,15H,3,5-7,9H2,1-2H3. The minimum atomic E-state index is -0.437. The fourth-order valence-electron chi connectivity index (χ4n) is 2.45. The Balaban J connectivity index is 1.88. The summed E-state index contributed by atoms with van der Waals surface area (Å²) >= 11 is 1.74. The smallest absolute Gasteiger partial charge is 0.0678 e. The van der Waals surface area contributed by atoms with E-state index < -0.39 is 5.60 Å². The molecule has 3 heteroatoms. The summed E-state index contributed by atoms with van der Waals surface area (Å²) in [5.74, 6) is 0. The zero-order valence-corrected chi connectivity index (χ0v) is 11.0. The van der Waals surface area contributed by atoms with Crippen molar-refractivity contribution in [3.63, 3.8) is 0 Å². The molecule has 2 atom stereocenters. The van der Waals surface area contributed by atoms with Crippen molar-refractivity contribution in [1.82, 2.24) is 4.90 Å². The number of likely N-dealkylation sites (tertiary alicyclic amines) is 1. The molecule has 2 nitrogen and oxygen atoms in total. The van der Waals surface area contributed by atoms with Gasteiger partial charge in [0.2, 0.25) is 0 Å². The molecule has 0 aromatic carbocycles. The summed E-state index contributed by atoms with van der Waals surface area (Å²) in [4.78, 5) is 2.33. The summed E-state index contributed by atoms with van der Waals surface area (Å²) < 4.78 is 0. The van der Waals surface area contributed by atoms with Crippen LogP contribution in [0.15, 0.2) is 16.8 Å². The third-order valence-electron chi connectivity index (χ3n) is 3.82. The van der Waals surface area contributed by atoms with Gasteiger partial charge in [0.05, 0.1) is 5.60 Å². The molecule has 2 unspecified atom stereocenters. The molecular weight excluding hydrogens is 218 g/mol. The minimum Gasteiger partial charge on any atom is -0.390 e. The van der Waals surface area contributed by atoms with Crippen LogP contribution < -0.4 is 0 Å². The molecule has 0 bridgehead atoms. The van der Waals surface area contributed by atoms with Crippen LogP contribution in [0.3, 0.4) is 0 Å². The van der Waals surface area contributed by atoms with Gasteiger partial charge in [-0.05, 0) is 62.0 Å². The van der Waals surface area contributed by atoms with E-state index in [1.165, 1.54) is 5.56 Å². The SMILES string of the molecule is CC1CC(O)(CCc2ccsc2)CCN1C. The average Bonchev–Trinajstić information content (AvgIpc) is 2.75. The lowest BCUT2D eigenvalue weighted by Gasteiger charge is -2.41. The number of hydrogen-bond donors (Lipinski definition) is 1. The van der Waals surface area contributed by atoms with Gasteiger partial charge in [0, 0.05) is 12.6 Å². The van der Waals surface area contributed by atoms with Gasteiger partial charge in [-0.2, -0.15) is 11.3 Å². The molecule has 90 valence electrons. The molecule has 2 rings (SSSR count). The van der Waals surface area contributed by atoms with E-state index in [0.29, 0.717) is 6.04 Å². The molecule has 0 amide bonds. The molecular formula is C13H21NOS. The molecule has 1 aliphatic heterocycles. The summed E-state index contributed by atoms with van der Waals surface area (Å²) in [6.07, 6.45) is 3.74. The van der Waals surface area contributed by atoms with E-state index in [4.69, 9.17) is 0 Å². The van der Waals surface area contributed by atoms with E-state index in [0.717, 1.165) is 32.2 Å². The first kappa shape index (κ1) is 12.1. The zero-order chi connectivity index (χ0) is 11.6. The predicted molar refractivity (Wildman–Crippen MR) is 68.9 cm³/mol. The summed E-state index contributed by atoms with van der Waals surface area (Å²) in [6.45, 7) is 3.22. The van der Waals surface area contributed by atoms with E-state index in [2.05, 4.69) is 35.7 Å². The van der Waals surface area contributed by atoms with Crippen molar-refractivity contribution in [3.05, 3.63) is 22.4 Å². The Morgan fingerprint density at radius 3 is 3.06 bits per heavy atom. The second-order valence-electron chi connectivity index (χ2n) is 5.14. The van der Waals surface area contributed by atoms with Crippen LogP contribution in [0.4, 0.5) is 0 Å². The average molecular weight is 239 g/mol. The van der Waals surface area contributed by atoms with Crippen LogP contribution in [0.1, 0.15) is 31.7 Å². The van der Waals surface area contributed by atoms with Gasteiger partial charge in [0.25, 0.3) is 0 Å². The first-order valence-corrected chi connectivity index (χ1v) is 6.97. The van der Waals surface area contributed by atoms with E-state index in [9.17, 15) is 5.11 Å². The second kappa shape index (κ2) is 4.86. The first-order valence-electron chi connectivity index (χ1n) is 6.03. The van der Waals surface area contributed by atoms with Gasteiger partial charge in [0.15, 0.2) is 0 Å². The number of aryl methyl sites for hydroxylation is 1. The number of hydrogen-bond acceptors (Lipinski definition) is 3. The highest BCUT2D eigenvalue weighted by Gasteiger charge is 2.34. The van der Waals surface area contributed by atoms with Crippen molar-refractivity contribution in [2.24, 2.45) is 0 Å².